The quantitative estimate of drug-likeness (QED) is 0.850. The minimum absolute atomic E-state index is 0.0659. The molecule has 0 bridgehead atoms. The van der Waals surface area contributed by atoms with E-state index in [-0.39, 0.29) is 11.6 Å². The summed E-state index contributed by atoms with van der Waals surface area (Å²) in [6, 6.07) is 9.53. The number of rotatable bonds is 4. The Kier molecular flexibility index (Phi) is 5.17. The predicted molar refractivity (Wildman–Crippen MR) is 111 cm³/mol. The first-order valence-corrected chi connectivity index (χ1v) is 10.9. The largest absolute Gasteiger partial charge is 0.444 e. The fourth-order valence-corrected chi connectivity index (χ4v) is 4.48. The first kappa shape index (κ1) is 19.7. The zero-order valence-electron chi connectivity index (χ0n) is 17.6. The zero-order valence-corrected chi connectivity index (χ0v) is 17.6. The Labute approximate surface area is 169 Å². The van der Waals surface area contributed by atoms with Crippen molar-refractivity contribution in [1.29, 1.82) is 0 Å². The number of nitrogens with two attached hydrogens (primary N) is 1. The molecular weight excluding hydrogens is 350 g/mol. The van der Waals surface area contributed by atoms with Gasteiger partial charge in [0.15, 0.2) is 0 Å². The maximum atomic E-state index is 12.4. The summed E-state index contributed by atoms with van der Waals surface area (Å²) in [6.07, 6.45) is 5.97. The lowest BCUT2D eigenvalue weighted by Crippen LogP contribution is -2.52. The lowest BCUT2D eigenvalue weighted by molar-refractivity contribution is 0.00191. The van der Waals surface area contributed by atoms with Crippen molar-refractivity contribution in [3.63, 3.8) is 0 Å². The van der Waals surface area contributed by atoms with Crippen LogP contribution in [0.2, 0.25) is 0 Å². The van der Waals surface area contributed by atoms with E-state index in [4.69, 9.17) is 10.5 Å². The topological polar surface area (TPSA) is 58.8 Å². The summed E-state index contributed by atoms with van der Waals surface area (Å²) >= 11 is 0. The van der Waals surface area contributed by atoms with E-state index in [0.717, 1.165) is 44.9 Å². The van der Waals surface area contributed by atoms with Gasteiger partial charge in [-0.2, -0.15) is 0 Å². The zero-order chi connectivity index (χ0) is 19.9. The number of amides is 1. The van der Waals surface area contributed by atoms with Gasteiger partial charge in [0.05, 0.1) is 0 Å². The molecular formula is C23H35N3O2. The molecule has 28 heavy (non-hydrogen) atoms. The summed E-state index contributed by atoms with van der Waals surface area (Å²) in [5.41, 5.74) is 8.54. The number of carbonyl (C=O) groups excluding carboxylic acids is 1. The van der Waals surface area contributed by atoms with E-state index in [0.29, 0.717) is 6.04 Å². The molecule has 2 saturated carbocycles. The van der Waals surface area contributed by atoms with Crippen molar-refractivity contribution in [2.24, 2.45) is 11.7 Å². The lowest BCUT2D eigenvalue weighted by atomic mass is 9.76. The highest BCUT2D eigenvalue weighted by molar-refractivity contribution is 5.68. The normalized spacial score (nSPS) is 23.8. The minimum Gasteiger partial charge on any atom is -0.444 e. The molecule has 1 atom stereocenters. The average molecular weight is 386 g/mol. The second-order valence-corrected chi connectivity index (χ2v) is 9.92. The third kappa shape index (κ3) is 4.20. The van der Waals surface area contributed by atoms with E-state index < -0.39 is 5.60 Å². The van der Waals surface area contributed by atoms with E-state index in [1.165, 1.54) is 30.4 Å². The van der Waals surface area contributed by atoms with Crippen LogP contribution in [0, 0.1) is 5.92 Å². The summed E-state index contributed by atoms with van der Waals surface area (Å²) in [5.74, 6) is 0.728. The number of piperazine rings is 1. The number of benzene rings is 1. The maximum Gasteiger partial charge on any atom is 0.410 e. The van der Waals surface area contributed by atoms with E-state index >= 15 is 0 Å². The van der Waals surface area contributed by atoms with Crippen molar-refractivity contribution in [2.45, 2.75) is 70.1 Å². The third-order valence-corrected chi connectivity index (χ3v) is 6.57. The van der Waals surface area contributed by atoms with Crippen LogP contribution in [0.5, 0.6) is 0 Å². The molecule has 3 aliphatic rings. The summed E-state index contributed by atoms with van der Waals surface area (Å²) < 4.78 is 5.54. The molecule has 154 valence electrons. The van der Waals surface area contributed by atoms with Gasteiger partial charge in [-0.15, -0.1) is 0 Å². The number of ether oxygens (including phenoxy) is 1. The van der Waals surface area contributed by atoms with Crippen molar-refractivity contribution in [1.82, 2.24) is 9.80 Å². The SMILES string of the molecule is CC(C)(C)OC(=O)N1CCN(C(c2ccc(C3(N)CC3)cc2)C2CCC2)CC1. The van der Waals surface area contributed by atoms with Gasteiger partial charge in [-0.05, 0) is 63.5 Å². The van der Waals surface area contributed by atoms with Crippen LogP contribution in [0.15, 0.2) is 24.3 Å². The average Bonchev–Trinajstić information content (AvgIpc) is 3.36. The summed E-state index contributed by atoms with van der Waals surface area (Å²) in [6.45, 7) is 9.05. The number of nitrogens with zero attached hydrogens (tertiary/aromatic N) is 2. The Balaban J connectivity index is 1.42. The number of hydrogen-bond acceptors (Lipinski definition) is 4. The first-order chi connectivity index (χ1) is 13.3. The van der Waals surface area contributed by atoms with Gasteiger partial charge in [-0.1, -0.05) is 30.7 Å². The van der Waals surface area contributed by atoms with Crippen molar-refractivity contribution < 1.29 is 9.53 Å². The van der Waals surface area contributed by atoms with Crippen LogP contribution in [0.25, 0.3) is 0 Å². The second kappa shape index (κ2) is 7.34. The molecule has 1 aromatic rings. The fraction of sp³-hybridized carbons (Fsp3) is 0.696. The second-order valence-electron chi connectivity index (χ2n) is 9.92. The van der Waals surface area contributed by atoms with Gasteiger partial charge in [0.2, 0.25) is 0 Å². The minimum atomic E-state index is -0.438. The van der Waals surface area contributed by atoms with E-state index in [2.05, 4.69) is 29.2 Å². The first-order valence-electron chi connectivity index (χ1n) is 10.9. The highest BCUT2D eigenvalue weighted by Gasteiger charge is 2.40. The summed E-state index contributed by atoms with van der Waals surface area (Å²) in [4.78, 5) is 16.8. The molecule has 0 radical (unpaired) electrons. The molecule has 1 aromatic carbocycles. The lowest BCUT2D eigenvalue weighted by Gasteiger charge is -2.45. The molecule has 1 aliphatic heterocycles. The van der Waals surface area contributed by atoms with Gasteiger partial charge in [0, 0.05) is 37.8 Å². The molecule has 2 aliphatic carbocycles. The predicted octanol–water partition coefficient (Wildman–Crippen LogP) is 4.03. The maximum absolute atomic E-state index is 12.4. The van der Waals surface area contributed by atoms with Gasteiger partial charge in [0.25, 0.3) is 0 Å². The van der Waals surface area contributed by atoms with Crippen molar-refractivity contribution in [3.8, 4) is 0 Å². The van der Waals surface area contributed by atoms with Gasteiger partial charge in [-0.25, -0.2) is 4.79 Å². The van der Waals surface area contributed by atoms with Crippen LogP contribution < -0.4 is 5.73 Å². The van der Waals surface area contributed by atoms with E-state index in [1.807, 2.05) is 25.7 Å². The van der Waals surface area contributed by atoms with E-state index in [1.54, 1.807) is 0 Å². The Morgan fingerprint density at radius 2 is 1.71 bits per heavy atom. The molecule has 0 spiro atoms. The Hall–Kier alpha value is -1.59. The molecule has 4 rings (SSSR count). The number of hydrogen-bond donors (Lipinski definition) is 1. The van der Waals surface area contributed by atoms with Crippen LogP contribution in [0.1, 0.15) is 70.0 Å². The molecule has 5 nitrogen and oxygen atoms in total. The summed E-state index contributed by atoms with van der Waals surface area (Å²) in [5, 5.41) is 0. The Morgan fingerprint density at radius 3 is 2.18 bits per heavy atom. The highest BCUT2D eigenvalue weighted by atomic mass is 16.6. The highest BCUT2D eigenvalue weighted by Crippen LogP contribution is 2.45. The monoisotopic (exact) mass is 385 g/mol. The van der Waals surface area contributed by atoms with Crippen LogP contribution >= 0.6 is 0 Å². The number of carbonyl (C=O) groups is 1. The molecule has 0 aromatic heterocycles. The van der Waals surface area contributed by atoms with Crippen molar-refractivity contribution in [3.05, 3.63) is 35.4 Å². The molecule has 1 amide bonds. The van der Waals surface area contributed by atoms with Crippen LogP contribution in [-0.2, 0) is 10.3 Å². The standard InChI is InChI=1S/C23H35N3O2/c1-22(2,3)28-21(27)26-15-13-25(14-16-26)20(17-5-4-6-17)18-7-9-19(10-8-18)23(24)11-12-23/h7-10,17,20H,4-6,11-16,24H2,1-3H3. The molecule has 1 heterocycles. The van der Waals surface area contributed by atoms with Crippen molar-refractivity contribution >= 4 is 6.09 Å². The molecule has 1 unspecified atom stereocenters. The van der Waals surface area contributed by atoms with Crippen molar-refractivity contribution in [2.75, 3.05) is 26.2 Å². The molecule has 1 saturated heterocycles. The van der Waals surface area contributed by atoms with Crippen LogP contribution in [0.4, 0.5) is 4.79 Å². The Bertz CT molecular complexity index is 694. The molecule has 5 heteroatoms. The van der Waals surface area contributed by atoms with Crippen LogP contribution in [0.3, 0.4) is 0 Å². The van der Waals surface area contributed by atoms with Gasteiger partial charge < -0.3 is 15.4 Å². The molecule has 2 N–H and O–H groups in total. The Morgan fingerprint density at radius 1 is 1.11 bits per heavy atom. The molecule has 3 fully saturated rings. The smallest absolute Gasteiger partial charge is 0.410 e. The van der Waals surface area contributed by atoms with Gasteiger partial charge in [0.1, 0.15) is 5.60 Å². The third-order valence-electron chi connectivity index (χ3n) is 6.57. The van der Waals surface area contributed by atoms with Crippen LogP contribution in [-0.4, -0.2) is 47.7 Å². The summed E-state index contributed by atoms with van der Waals surface area (Å²) in [7, 11) is 0. The van der Waals surface area contributed by atoms with Gasteiger partial charge >= 0.3 is 6.09 Å². The fourth-order valence-electron chi connectivity index (χ4n) is 4.48. The van der Waals surface area contributed by atoms with Gasteiger partial charge in [-0.3, -0.25) is 4.90 Å². The van der Waals surface area contributed by atoms with E-state index in [9.17, 15) is 4.79 Å².